The van der Waals surface area contributed by atoms with E-state index in [9.17, 15) is 19.1 Å². The number of carboxylic acids is 1. The van der Waals surface area contributed by atoms with E-state index in [1.54, 1.807) is 36.1 Å². The Balaban J connectivity index is 1.31. The van der Waals surface area contributed by atoms with Crippen LogP contribution in [0.15, 0.2) is 66.7 Å². The second kappa shape index (κ2) is 15.0. The van der Waals surface area contributed by atoms with Crippen molar-refractivity contribution in [2.75, 3.05) is 38.2 Å². The quantitative estimate of drug-likeness (QED) is 0.229. The minimum absolute atomic E-state index is 0.223. The molecule has 0 bridgehead atoms. The molecule has 0 radical (unpaired) electrons. The van der Waals surface area contributed by atoms with Gasteiger partial charge < -0.3 is 29.5 Å². The Kier molecular flexibility index (Phi) is 11.0. The van der Waals surface area contributed by atoms with Crippen LogP contribution in [-0.2, 0) is 28.8 Å². The number of fused-ring (bicyclic) bond motifs is 1. The first-order chi connectivity index (χ1) is 19.9. The van der Waals surface area contributed by atoms with E-state index >= 15 is 0 Å². The molecule has 1 aliphatic rings. The van der Waals surface area contributed by atoms with Gasteiger partial charge in [-0.1, -0.05) is 18.2 Å². The first kappa shape index (κ1) is 29.9. The van der Waals surface area contributed by atoms with Crippen molar-refractivity contribution in [3.8, 4) is 11.5 Å². The highest BCUT2D eigenvalue weighted by atomic mass is 19.1. The summed E-state index contributed by atoms with van der Waals surface area (Å²) in [6.45, 7) is 3.52. The Morgan fingerprint density at radius 3 is 2.32 bits per heavy atom. The Morgan fingerprint density at radius 1 is 0.927 bits per heavy atom. The lowest BCUT2D eigenvalue weighted by molar-refractivity contribution is -0.149. The van der Waals surface area contributed by atoms with E-state index in [-0.39, 0.29) is 24.9 Å². The fourth-order valence-corrected chi connectivity index (χ4v) is 4.77. The molecular formula is C32H37FN2O6. The summed E-state index contributed by atoms with van der Waals surface area (Å²) in [5.74, 6) is -0.122. The fourth-order valence-electron chi connectivity index (χ4n) is 4.77. The molecule has 0 spiro atoms. The van der Waals surface area contributed by atoms with Crippen molar-refractivity contribution < 1.29 is 33.3 Å². The van der Waals surface area contributed by atoms with Crippen molar-refractivity contribution >= 4 is 17.7 Å². The van der Waals surface area contributed by atoms with E-state index in [4.69, 9.17) is 14.2 Å². The van der Waals surface area contributed by atoms with Crippen LogP contribution in [0, 0.1) is 5.82 Å². The Hall–Kier alpha value is -4.11. The van der Waals surface area contributed by atoms with Crippen LogP contribution in [0.3, 0.4) is 0 Å². The predicted molar refractivity (Wildman–Crippen MR) is 154 cm³/mol. The third-order valence-corrected chi connectivity index (χ3v) is 6.91. The lowest BCUT2D eigenvalue weighted by atomic mass is 10.1. The van der Waals surface area contributed by atoms with Crippen LogP contribution >= 0.6 is 0 Å². The summed E-state index contributed by atoms with van der Waals surface area (Å²) in [4.78, 5) is 26.3. The smallest absolute Gasteiger partial charge is 0.333 e. The van der Waals surface area contributed by atoms with Crippen LogP contribution in [0.1, 0.15) is 36.5 Å². The summed E-state index contributed by atoms with van der Waals surface area (Å²) in [5.41, 5.74) is 4.22. The van der Waals surface area contributed by atoms with Crippen molar-refractivity contribution in [2.45, 2.75) is 45.1 Å². The maximum atomic E-state index is 13.2. The number of halogens is 1. The molecule has 1 aliphatic carbocycles. The van der Waals surface area contributed by atoms with Crippen molar-refractivity contribution in [2.24, 2.45) is 0 Å². The summed E-state index contributed by atoms with van der Waals surface area (Å²) in [7, 11) is 0. The molecule has 3 aromatic rings. The molecule has 0 aliphatic heterocycles. The van der Waals surface area contributed by atoms with Gasteiger partial charge in [0, 0.05) is 25.3 Å². The van der Waals surface area contributed by atoms with Gasteiger partial charge in [-0.05, 0) is 97.8 Å². The third kappa shape index (κ3) is 9.21. The minimum atomic E-state index is -0.992. The number of rotatable bonds is 15. The average molecular weight is 565 g/mol. The van der Waals surface area contributed by atoms with Gasteiger partial charge in [0.15, 0.2) is 6.10 Å². The van der Waals surface area contributed by atoms with Crippen LogP contribution < -0.4 is 14.8 Å². The number of nitrogens with one attached hydrogen (secondary N) is 1. The number of carbonyl (C=O) groups is 2. The van der Waals surface area contributed by atoms with E-state index in [1.807, 2.05) is 18.2 Å². The number of carbonyl (C=O) groups excluding carboxylic acids is 1. The first-order valence-electron chi connectivity index (χ1n) is 14.0. The number of hydrogen-bond donors (Lipinski definition) is 2. The predicted octanol–water partition coefficient (Wildman–Crippen LogP) is 5.73. The van der Waals surface area contributed by atoms with Crippen LogP contribution in [-0.4, -0.2) is 61.0 Å². The van der Waals surface area contributed by atoms with Crippen LogP contribution in [0.25, 0.3) is 0 Å². The van der Waals surface area contributed by atoms with Crippen molar-refractivity contribution in [3.05, 3.63) is 89.2 Å². The van der Waals surface area contributed by atoms with E-state index < -0.39 is 12.1 Å². The van der Waals surface area contributed by atoms with E-state index in [1.165, 1.54) is 23.3 Å². The molecule has 0 saturated carbocycles. The number of urea groups is 1. The number of hydrogen-bond acceptors (Lipinski definition) is 5. The molecule has 1 unspecified atom stereocenters. The zero-order chi connectivity index (χ0) is 29.0. The summed E-state index contributed by atoms with van der Waals surface area (Å²) in [6.07, 6.45) is 3.19. The number of carboxylic acid groups (broad SMARTS) is 1. The van der Waals surface area contributed by atoms with Crippen LogP contribution in [0.4, 0.5) is 14.9 Å². The van der Waals surface area contributed by atoms with Gasteiger partial charge in [-0.25, -0.2) is 14.0 Å². The monoisotopic (exact) mass is 564 g/mol. The number of ether oxygens (including phenoxy) is 3. The number of anilines is 1. The van der Waals surface area contributed by atoms with Crippen molar-refractivity contribution in [1.29, 1.82) is 0 Å². The summed E-state index contributed by atoms with van der Waals surface area (Å²) >= 11 is 0. The first-order valence-corrected chi connectivity index (χ1v) is 14.0. The zero-order valence-corrected chi connectivity index (χ0v) is 23.3. The second-order valence-electron chi connectivity index (χ2n) is 9.89. The summed E-state index contributed by atoms with van der Waals surface area (Å²) < 4.78 is 30.0. The van der Waals surface area contributed by atoms with E-state index in [2.05, 4.69) is 17.4 Å². The maximum Gasteiger partial charge on any atom is 0.333 e. The second-order valence-corrected chi connectivity index (χ2v) is 9.89. The normalized spacial score (nSPS) is 12.8. The van der Waals surface area contributed by atoms with E-state index in [0.29, 0.717) is 44.2 Å². The van der Waals surface area contributed by atoms with Gasteiger partial charge in [-0.2, -0.15) is 0 Å². The van der Waals surface area contributed by atoms with Gasteiger partial charge in [-0.15, -0.1) is 0 Å². The molecule has 41 heavy (non-hydrogen) atoms. The van der Waals surface area contributed by atoms with Gasteiger partial charge >= 0.3 is 12.0 Å². The molecular weight excluding hydrogens is 527 g/mol. The van der Waals surface area contributed by atoms with Crippen LogP contribution in [0.5, 0.6) is 11.5 Å². The maximum absolute atomic E-state index is 13.2. The SMILES string of the molecule is CCOC(Cc1ccc(OCCN(CCCOc2ccc(F)cc2)C(=O)Nc2ccc3c(c2)CCC3)cc1)C(=O)O. The molecule has 9 heteroatoms. The van der Waals surface area contributed by atoms with Gasteiger partial charge in [0.05, 0.1) is 13.2 Å². The number of nitrogens with zero attached hydrogens (tertiary/aromatic N) is 1. The van der Waals surface area contributed by atoms with Crippen LogP contribution in [0.2, 0.25) is 0 Å². The number of aliphatic carboxylic acids is 1. The van der Waals surface area contributed by atoms with Crippen molar-refractivity contribution in [1.82, 2.24) is 4.90 Å². The molecule has 0 saturated heterocycles. The molecule has 2 N–H and O–H groups in total. The Bertz CT molecular complexity index is 1280. The molecule has 0 fully saturated rings. The van der Waals surface area contributed by atoms with E-state index in [0.717, 1.165) is 30.5 Å². The highest BCUT2D eigenvalue weighted by molar-refractivity contribution is 5.89. The summed E-state index contributed by atoms with van der Waals surface area (Å²) in [6, 6.07) is 18.9. The van der Waals surface area contributed by atoms with Gasteiger partial charge in [0.1, 0.15) is 23.9 Å². The highest BCUT2D eigenvalue weighted by Gasteiger charge is 2.19. The molecule has 218 valence electrons. The molecule has 4 rings (SSSR count). The lowest BCUT2D eigenvalue weighted by Gasteiger charge is -2.23. The molecule has 0 aromatic heterocycles. The Labute approximate surface area is 240 Å². The Morgan fingerprint density at radius 2 is 1.61 bits per heavy atom. The number of benzene rings is 3. The molecule has 8 nitrogen and oxygen atoms in total. The highest BCUT2D eigenvalue weighted by Crippen LogP contribution is 2.25. The number of aryl methyl sites for hydroxylation is 2. The largest absolute Gasteiger partial charge is 0.494 e. The molecule has 1 atom stereocenters. The van der Waals surface area contributed by atoms with Gasteiger partial charge in [0.25, 0.3) is 0 Å². The molecule has 2 amide bonds. The third-order valence-electron chi connectivity index (χ3n) is 6.91. The minimum Gasteiger partial charge on any atom is -0.494 e. The molecule has 3 aromatic carbocycles. The van der Waals surface area contributed by atoms with Gasteiger partial charge in [0.2, 0.25) is 0 Å². The van der Waals surface area contributed by atoms with Gasteiger partial charge in [-0.3, -0.25) is 0 Å². The lowest BCUT2D eigenvalue weighted by Crippen LogP contribution is -2.39. The van der Waals surface area contributed by atoms with Crippen molar-refractivity contribution in [3.63, 3.8) is 0 Å². The molecule has 0 heterocycles. The fraction of sp³-hybridized carbons (Fsp3) is 0.375. The average Bonchev–Trinajstić information content (AvgIpc) is 3.44. The zero-order valence-electron chi connectivity index (χ0n) is 23.3. The summed E-state index contributed by atoms with van der Waals surface area (Å²) in [5, 5.41) is 12.3. The number of amides is 2. The standard InChI is InChI=1S/C32H37FN2O6/c1-2-39-30(31(36)37)21-23-7-13-28(14-8-23)41-20-18-35(17-4-19-40-29-15-10-26(33)11-16-29)32(38)34-27-12-9-24-5-3-6-25(24)22-27/h7-16,22,30H,2-6,17-21H2,1H3,(H,34,38)(H,36,37). The topological polar surface area (TPSA) is 97.3 Å².